The highest BCUT2D eigenvalue weighted by Crippen LogP contribution is 2.25. The van der Waals surface area contributed by atoms with Crippen molar-refractivity contribution in [2.75, 3.05) is 39.3 Å². The number of halogens is 1. The predicted octanol–water partition coefficient (Wildman–Crippen LogP) is 2.49. The lowest BCUT2D eigenvalue weighted by atomic mass is 10.2. The molecule has 1 saturated heterocycles. The molecule has 0 atom stereocenters. The second-order valence-corrected chi connectivity index (χ2v) is 7.04. The minimum Gasteiger partial charge on any atom is -0.351 e. The molecule has 1 aliphatic rings. The van der Waals surface area contributed by atoms with Crippen LogP contribution >= 0.6 is 22.9 Å². The molecule has 24 heavy (non-hydrogen) atoms. The van der Waals surface area contributed by atoms with Crippen molar-refractivity contribution < 1.29 is 4.79 Å². The van der Waals surface area contributed by atoms with Crippen LogP contribution in [0.5, 0.6) is 0 Å². The molecule has 1 aromatic carbocycles. The van der Waals surface area contributed by atoms with Crippen molar-refractivity contribution in [1.82, 2.24) is 20.5 Å². The summed E-state index contributed by atoms with van der Waals surface area (Å²) in [7, 11) is 0. The number of thiazole rings is 1. The number of benzene rings is 1. The van der Waals surface area contributed by atoms with Gasteiger partial charge in [0.25, 0.3) is 5.91 Å². The van der Waals surface area contributed by atoms with Gasteiger partial charge >= 0.3 is 0 Å². The second kappa shape index (κ2) is 8.58. The fourth-order valence-corrected chi connectivity index (χ4v) is 3.57. The van der Waals surface area contributed by atoms with Crippen LogP contribution in [0.25, 0.3) is 10.6 Å². The van der Waals surface area contributed by atoms with Crippen molar-refractivity contribution in [3.05, 3.63) is 40.4 Å². The Morgan fingerprint density at radius 1 is 1.29 bits per heavy atom. The minimum atomic E-state index is -0.105. The second-order valence-electron chi connectivity index (χ2n) is 5.75. The number of aromatic nitrogens is 1. The average molecular weight is 365 g/mol. The topological polar surface area (TPSA) is 57.3 Å². The maximum atomic E-state index is 12.2. The quantitative estimate of drug-likeness (QED) is 0.773. The monoisotopic (exact) mass is 364 g/mol. The zero-order chi connectivity index (χ0) is 16.8. The van der Waals surface area contributed by atoms with Crippen LogP contribution in [0.15, 0.2) is 29.6 Å². The van der Waals surface area contributed by atoms with Gasteiger partial charge in [0.1, 0.15) is 10.7 Å². The molecule has 0 saturated carbocycles. The number of amides is 1. The number of hydrogen-bond acceptors (Lipinski definition) is 5. The molecule has 1 aliphatic heterocycles. The van der Waals surface area contributed by atoms with E-state index >= 15 is 0 Å². The highest BCUT2D eigenvalue weighted by molar-refractivity contribution is 7.13. The first-order valence-corrected chi connectivity index (χ1v) is 9.41. The van der Waals surface area contributed by atoms with Crippen LogP contribution in [0.2, 0.25) is 5.02 Å². The predicted molar refractivity (Wildman–Crippen MR) is 98.8 cm³/mol. The summed E-state index contributed by atoms with van der Waals surface area (Å²) in [6.07, 6.45) is 0.958. The van der Waals surface area contributed by atoms with Crippen LogP contribution in [0, 0.1) is 0 Å². The van der Waals surface area contributed by atoms with E-state index in [1.54, 1.807) is 5.38 Å². The molecule has 2 N–H and O–H groups in total. The van der Waals surface area contributed by atoms with Gasteiger partial charge in [-0.1, -0.05) is 23.7 Å². The van der Waals surface area contributed by atoms with Crippen LogP contribution in [0.4, 0.5) is 0 Å². The van der Waals surface area contributed by atoms with Crippen molar-refractivity contribution in [2.45, 2.75) is 6.42 Å². The summed E-state index contributed by atoms with van der Waals surface area (Å²) >= 11 is 7.36. The Morgan fingerprint density at radius 3 is 2.79 bits per heavy atom. The summed E-state index contributed by atoms with van der Waals surface area (Å²) in [5.41, 5.74) is 1.45. The van der Waals surface area contributed by atoms with Crippen LogP contribution in [0.1, 0.15) is 16.9 Å². The van der Waals surface area contributed by atoms with Gasteiger partial charge in [-0.05, 0) is 25.1 Å². The number of rotatable bonds is 6. The SMILES string of the molecule is O=C(NCCCN1CCNCC1)c1csc(-c2ccc(Cl)cc2)n1. The van der Waals surface area contributed by atoms with Gasteiger partial charge < -0.3 is 15.5 Å². The number of carbonyl (C=O) groups is 1. The van der Waals surface area contributed by atoms with Crippen molar-refractivity contribution in [3.63, 3.8) is 0 Å². The number of carbonyl (C=O) groups excluding carboxylic acids is 1. The molecule has 0 bridgehead atoms. The molecule has 7 heteroatoms. The molecule has 2 heterocycles. The van der Waals surface area contributed by atoms with E-state index in [-0.39, 0.29) is 5.91 Å². The highest BCUT2D eigenvalue weighted by Gasteiger charge is 2.12. The third kappa shape index (κ3) is 4.77. The van der Waals surface area contributed by atoms with E-state index in [1.807, 2.05) is 24.3 Å². The summed E-state index contributed by atoms with van der Waals surface area (Å²) < 4.78 is 0. The van der Waals surface area contributed by atoms with E-state index in [1.165, 1.54) is 11.3 Å². The van der Waals surface area contributed by atoms with Crippen molar-refractivity contribution in [3.8, 4) is 10.6 Å². The summed E-state index contributed by atoms with van der Waals surface area (Å²) in [6.45, 7) is 5.98. The largest absolute Gasteiger partial charge is 0.351 e. The third-order valence-corrected chi connectivity index (χ3v) is 5.12. The highest BCUT2D eigenvalue weighted by atomic mass is 35.5. The smallest absolute Gasteiger partial charge is 0.270 e. The maximum Gasteiger partial charge on any atom is 0.270 e. The fraction of sp³-hybridized carbons (Fsp3) is 0.412. The Bertz CT molecular complexity index is 667. The summed E-state index contributed by atoms with van der Waals surface area (Å²) in [6, 6.07) is 7.48. The maximum absolute atomic E-state index is 12.2. The van der Waals surface area contributed by atoms with Gasteiger partial charge in [0.2, 0.25) is 0 Å². The van der Waals surface area contributed by atoms with Crippen LogP contribution in [-0.4, -0.2) is 55.1 Å². The van der Waals surface area contributed by atoms with E-state index in [0.29, 0.717) is 17.3 Å². The molecule has 0 aliphatic carbocycles. The van der Waals surface area contributed by atoms with Gasteiger partial charge in [-0.25, -0.2) is 4.98 Å². The van der Waals surface area contributed by atoms with Crippen LogP contribution in [-0.2, 0) is 0 Å². The van der Waals surface area contributed by atoms with Gasteiger partial charge in [-0.2, -0.15) is 0 Å². The van der Waals surface area contributed by atoms with Crippen molar-refractivity contribution in [2.24, 2.45) is 0 Å². The van der Waals surface area contributed by atoms with Gasteiger partial charge in [-0.3, -0.25) is 4.79 Å². The molecule has 2 aromatic rings. The molecule has 5 nitrogen and oxygen atoms in total. The Hall–Kier alpha value is -1.47. The van der Waals surface area contributed by atoms with Gasteiger partial charge in [-0.15, -0.1) is 11.3 Å². The Balaban J connectivity index is 1.46. The first-order chi connectivity index (χ1) is 11.7. The third-order valence-electron chi connectivity index (χ3n) is 3.97. The number of nitrogens with one attached hydrogen (secondary N) is 2. The van der Waals surface area contributed by atoms with Gasteiger partial charge in [0.05, 0.1) is 0 Å². The zero-order valence-electron chi connectivity index (χ0n) is 13.4. The molecule has 0 spiro atoms. The van der Waals surface area contributed by atoms with E-state index in [9.17, 15) is 4.79 Å². The molecular weight excluding hydrogens is 344 g/mol. The lowest BCUT2D eigenvalue weighted by molar-refractivity contribution is 0.0947. The summed E-state index contributed by atoms with van der Waals surface area (Å²) in [5, 5.41) is 9.62. The van der Waals surface area contributed by atoms with Crippen molar-refractivity contribution in [1.29, 1.82) is 0 Å². The fourth-order valence-electron chi connectivity index (χ4n) is 2.63. The number of nitrogens with zero attached hydrogens (tertiary/aromatic N) is 2. The van der Waals surface area contributed by atoms with E-state index < -0.39 is 0 Å². The molecule has 3 rings (SSSR count). The number of piperazine rings is 1. The summed E-state index contributed by atoms with van der Waals surface area (Å²) in [4.78, 5) is 19.0. The molecular formula is C17H21ClN4OS. The van der Waals surface area contributed by atoms with E-state index in [0.717, 1.165) is 49.7 Å². The zero-order valence-corrected chi connectivity index (χ0v) is 15.0. The molecule has 1 amide bonds. The lowest BCUT2D eigenvalue weighted by Crippen LogP contribution is -2.44. The standard InChI is InChI=1S/C17H21ClN4OS/c18-14-4-2-13(3-5-14)17-21-15(12-24-17)16(23)20-6-1-9-22-10-7-19-8-11-22/h2-5,12,19H,1,6-11H2,(H,20,23). The molecule has 128 valence electrons. The van der Waals surface area contributed by atoms with Crippen LogP contribution in [0.3, 0.4) is 0 Å². The van der Waals surface area contributed by atoms with Gasteiger partial charge in [0, 0.05) is 48.7 Å². The Labute approximate surface area is 151 Å². The first kappa shape index (κ1) is 17.4. The minimum absolute atomic E-state index is 0.105. The van der Waals surface area contributed by atoms with E-state index in [4.69, 9.17) is 11.6 Å². The molecule has 1 fully saturated rings. The molecule has 0 radical (unpaired) electrons. The summed E-state index contributed by atoms with van der Waals surface area (Å²) in [5.74, 6) is -0.105. The average Bonchev–Trinajstić information content (AvgIpc) is 3.10. The first-order valence-electron chi connectivity index (χ1n) is 8.15. The van der Waals surface area contributed by atoms with E-state index in [2.05, 4.69) is 20.5 Å². The Kier molecular flexibility index (Phi) is 6.20. The number of hydrogen-bond donors (Lipinski definition) is 2. The van der Waals surface area contributed by atoms with Crippen LogP contribution < -0.4 is 10.6 Å². The van der Waals surface area contributed by atoms with Crippen molar-refractivity contribution >= 4 is 28.8 Å². The normalized spacial score (nSPS) is 15.4. The van der Waals surface area contributed by atoms with Gasteiger partial charge in [0.15, 0.2) is 0 Å². The lowest BCUT2D eigenvalue weighted by Gasteiger charge is -2.26. The molecule has 1 aromatic heterocycles. The molecule has 0 unspecified atom stereocenters. The Morgan fingerprint density at radius 2 is 2.04 bits per heavy atom.